The van der Waals surface area contributed by atoms with Crippen LogP contribution in [-0.4, -0.2) is 29.6 Å². The van der Waals surface area contributed by atoms with Crippen LogP contribution in [0.3, 0.4) is 0 Å². The molecule has 0 N–H and O–H groups in total. The van der Waals surface area contributed by atoms with E-state index in [9.17, 15) is 0 Å². The fourth-order valence-electron chi connectivity index (χ4n) is 0.408. The van der Waals surface area contributed by atoms with Gasteiger partial charge in [-0.3, -0.25) is 0 Å². The predicted molar refractivity (Wildman–Crippen MR) is 36.6 cm³/mol. The van der Waals surface area contributed by atoms with Gasteiger partial charge in [0.2, 0.25) is 0 Å². The van der Waals surface area contributed by atoms with Crippen molar-refractivity contribution in [1.82, 2.24) is 0 Å². The van der Waals surface area contributed by atoms with Crippen LogP contribution < -0.4 is 0 Å². The zero-order valence-corrected chi connectivity index (χ0v) is 4.70. The Hall–Kier alpha value is 1.00. The summed E-state index contributed by atoms with van der Waals surface area (Å²) in [6.07, 6.45) is 6.18. The van der Waals surface area contributed by atoms with E-state index in [1.54, 1.807) is 0 Å². The van der Waals surface area contributed by atoms with Crippen LogP contribution in [0.5, 0.6) is 0 Å². The molecule has 1 heteroatoms. The number of rotatable bonds is 3. The van der Waals surface area contributed by atoms with Gasteiger partial charge in [-0.05, 0) is 6.42 Å². The van der Waals surface area contributed by atoms with Gasteiger partial charge in [0.05, 0.1) is 0 Å². The van der Waals surface area contributed by atoms with E-state index in [1.807, 2.05) is 0 Å². The Bertz CT molecular complexity index is 16.1. The maximum atomic E-state index is 2.21. The fourth-order valence-corrected chi connectivity index (χ4v) is 0.408. The van der Waals surface area contributed by atoms with E-state index in [0.29, 0.717) is 0 Å². The molecule has 0 spiro atoms. The quantitative estimate of drug-likeness (QED) is 0.382. The van der Waals surface area contributed by atoms with Crippen molar-refractivity contribution in [1.29, 1.82) is 0 Å². The molecule has 0 unspecified atom stereocenters. The maximum absolute atomic E-state index is 2.21. The summed E-state index contributed by atoms with van der Waals surface area (Å²) in [5.41, 5.74) is 0. The predicted octanol–water partition coefficient (Wildman–Crippen LogP) is 1.75. The first-order chi connectivity index (χ1) is 2.91. The second kappa shape index (κ2) is 10.1. The monoisotopic (exact) mass is 109 g/mol. The molecule has 0 nitrogen and oxygen atoms in total. The molecule has 0 aromatic carbocycles. The van der Waals surface area contributed by atoms with Gasteiger partial charge in [-0.15, -0.1) is 0 Å². The molecule has 0 saturated carbocycles. The minimum absolute atomic E-state index is 0. The van der Waals surface area contributed by atoms with Crippen LogP contribution in [0.2, 0.25) is 0 Å². The van der Waals surface area contributed by atoms with E-state index in [1.165, 1.54) is 19.3 Å². The van der Waals surface area contributed by atoms with Crippen molar-refractivity contribution >= 4 is 29.6 Å². The molecule has 1 radical (unpaired) electrons. The Balaban J connectivity index is 0. The summed E-state index contributed by atoms with van der Waals surface area (Å²) in [6, 6.07) is 0. The molecule has 0 fully saturated rings. The third-order valence-electron chi connectivity index (χ3n) is 0.846. The van der Waals surface area contributed by atoms with Crippen LogP contribution >= 0.6 is 0 Å². The molecule has 0 aliphatic rings. The van der Waals surface area contributed by atoms with Crippen LogP contribution in [0.25, 0.3) is 0 Å². The number of hydrogen-bond acceptors (Lipinski definition) is 0. The van der Waals surface area contributed by atoms with Gasteiger partial charge in [0.15, 0.2) is 0 Å². The number of hydrogen-bond donors (Lipinski definition) is 0. The van der Waals surface area contributed by atoms with Gasteiger partial charge in [-0.25, -0.2) is 0 Å². The topological polar surface area (TPSA) is 0 Å². The first-order valence-electron chi connectivity index (χ1n) is 2.69. The Morgan fingerprint density at radius 3 is 2.14 bits per heavy atom. The van der Waals surface area contributed by atoms with E-state index in [-0.39, 0.29) is 29.6 Å². The van der Waals surface area contributed by atoms with E-state index < -0.39 is 0 Å². The van der Waals surface area contributed by atoms with Gasteiger partial charge in [-0.1, -0.05) is 33.1 Å². The standard InChI is InChI=1S/C6H13.Na.H/c1-3-5-6-4-2;;/h3H,4-6H2,1-2H3;;. The summed E-state index contributed by atoms with van der Waals surface area (Å²) >= 11 is 0. The molecule has 0 aromatic rings. The molecule has 0 bridgehead atoms. The van der Waals surface area contributed by atoms with Gasteiger partial charge < -0.3 is 0 Å². The molecule has 7 heavy (non-hydrogen) atoms. The average Bonchev–Trinajstić information content (AvgIpc) is 1.61. The van der Waals surface area contributed by atoms with Crippen LogP contribution in [-0.2, 0) is 0 Å². The van der Waals surface area contributed by atoms with E-state index in [4.69, 9.17) is 0 Å². The van der Waals surface area contributed by atoms with Crippen LogP contribution in [0.15, 0.2) is 0 Å². The molecular weight excluding hydrogens is 95.1 g/mol. The van der Waals surface area contributed by atoms with Crippen molar-refractivity contribution in [3.8, 4) is 0 Å². The third-order valence-corrected chi connectivity index (χ3v) is 0.846. The fraction of sp³-hybridized carbons (Fsp3) is 0.833. The molecule has 0 amide bonds. The van der Waals surface area contributed by atoms with E-state index >= 15 is 0 Å². The van der Waals surface area contributed by atoms with Gasteiger partial charge in [0.25, 0.3) is 0 Å². The summed E-state index contributed by atoms with van der Waals surface area (Å²) < 4.78 is 0. The summed E-state index contributed by atoms with van der Waals surface area (Å²) in [7, 11) is 0. The van der Waals surface area contributed by atoms with E-state index in [0.717, 1.165) is 0 Å². The first kappa shape index (κ1) is 10.9. The molecule has 0 saturated heterocycles. The van der Waals surface area contributed by atoms with Gasteiger partial charge in [0, 0.05) is 0 Å². The van der Waals surface area contributed by atoms with Crippen molar-refractivity contribution < 1.29 is 0 Å². The van der Waals surface area contributed by atoms with E-state index in [2.05, 4.69) is 20.3 Å². The van der Waals surface area contributed by atoms with Gasteiger partial charge >= 0.3 is 29.6 Å². The molecule has 0 rings (SSSR count). The Kier molecular flexibility index (Phi) is 15.7. The molecule has 0 aromatic heterocycles. The first-order valence-corrected chi connectivity index (χ1v) is 2.69. The SMILES string of the molecule is C[CH]CCCC.[NaH]. The second-order valence-electron chi connectivity index (χ2n) is 1.55. The molecule has 0 atom stereocenters. The van der Waals surface area contributed by atoms with Crippen molar-refractivity contribution in [2.75, 3.05) is 0 Å². The summed E-state index contributed by atoms with van der Waals surface area (Å²) in [6.45, 7) is 4.32. The minimum atomic E-state index is 0. The molecular formula is C6H14Na. The van der Waals surface area contributed by atoms with Gasteiger partial charge in [-0.2, -0.15) is 0 Å². The van der Waals surface area contributed by atoms with Crippen molar-refractivity contribution in [3.63, 3.8) is 0 Å². The Labute approximate surface area is 69.0 Å². The van der Waals surface area contributed by atoms with Gasteiger partial charge in [0.1, 0.15) is 0 Å². The molecule has 0 heterocycles. The van der Waals surface area contributed by atoms with Crippen molar-refractivity contribution in [3.05, 3.63) is 6.42 Å². The molecule has 0 aliphatic heterocycles. The zero-order valence-electron chi connectivity index (χ0n) is 4.70. The summed E-state index contributed by atoms with van der Waals surface area (Å²) in [5, 5.41) is 0. The number of unbranched alkanes of at least 4 members (excludes halogenated alkanes) is 3. The van der Waals surface area contributed by atoms with Crippen LogP contribution in [0.4, 0.5) is 0 Å². The molecule has 39 valence electrons. The molecule has 0 aliphatic carbocycles. The summed E-state index contributed by atoms with van der Waals surface area (Å²) in [5.74, 6) is 0. The Morgan fingerprint density at radius 1 is 1.43 bits per heavy atom. The zero-order chi connectivity index (χ0) is 4.83. The average molecular weight is 109 g/mol. The summed E-state index contributed by atoms with van der Waals surface area (Å²) in [4.78, 5) is 0. The second-order valence-corrected chi connectivity index (χ2v) is 1.55. The van der Waals surface area contributed by atoms with Crippen molar-refractivity contribution in [2.24, 2.45) is 0 Å². The normalized spacial score (nSPS) is 7.71. The Morgan fingerprint density at radius 2 is 2.00 bits per heavy atom. The third kappa shape index (κ3) is 10.9. The van der Waals surface area contributed by atoms with Crippen LogP contribution in [0.1, 0.15) is 33.1 Å². The van der Waals surface area contributed by atoms with Crippen LogP contribution in [0, 0.1) is 6.42 Å². The van der Waals surface area contributed by atoms with Crippen molar-refractivity contribution in [2.45, 2.75) is 33.1 Å².